The number of carbonyl (C=O) groups is 2. The third-order valence-corrected chi connectivity index (χ3v) is 4.55. The first-order valence-electron chi connectivity index (χ1n) is 8.23. The highest BCUT2D eigenvalue weighted by Gasteiger charge is 2.22. The van der Waals surface area contributed by atoms with E-state index in [1.54, 1.807) is 30.3 Å². The van der Waals surface area contributed by atoms with Crippen LogP contribution >= 0.6 is 15.9 Å². The van der Waals surface area contributed by atoms with Gasteiger partial charge in [0.25, 0.3) is 5.91 Å². The normalized spacial score (nSPS) is 13.4. The van der Waals surface area contributed by atoms with Gasteiger partial charge in [0.15, 0.2) is 17.6 Å². The fourth-order valence-corrected chi connectivity index (χ4v) is 2.84. The van der Waals surface area contributed by atoms with Crippen molar-refractivity contribution >= 4 is 33.5 Å². The minimum absolute atomic E-state index is 0.272. The first-order valence-corrected chi connectivity index (χ1v) is 9.02. The number of amides is 1. The lowest BCUT2D eigenvalue weighted by Gasteiger charge is -2.19. The minimum Gasteiger partial charge on any atom is -0.497 e. The zero-order chi connectivity index (χ0) is 19.4. The fraction of sp³-hybridized carbons (Fsp3) is 0.263. The van der Waals surface area contributed by atoms with Crippen LogP contribution in [0.5, 0.6) is 17.2 Å². The van der Waals surface area contributed by atoms with Crippen molar-refractivity contribution in [2.75, 3.05) is 25.6 Å². The highest BCUT2D eigenvalue weighted by molar-refractivity contribution is 9.10. The zero-order valence-corrected chi connectivity index (χ0v) is 16.4. The molecule has 0 unspecified atom stereocenters. The maximum absolute atomic E-state index is 12.4. The summed E-state index contributed by atoms with van der Waals surface area (Å²) in [7, 11) is 1.50. The van der Waals surface area contributed by atoms with Crippen molar-refractivity contribution in [2.45, 2.75) is 13.0 Å². The van der Waals surface area contributed by atoms with Gasteiger partial charge in [-0.15, -0.1) is 0 Å². The van der Waals surface area contributed by atoms with E-state index in [0.29, 0.717) is 40.6 Å². The SMILES string of the molecule is COc1ccc(Br)c(C(=O)O[C@H](C)C(=O)Nc2ccc3c(c2)OCCO3)c1. The molecule has 1 atom stereocenters. The van der Waals surface area contributed by atoms with Crippen molar-refractivity contribution in [1.29, 1.82) is 0 Å². The highest BCUT2D eigenvalue weighted by Crippen LogP contribution is 2.32. The second-order valence-electron chi connectivity index (χ2n) is 5.74. The van der Waals surface area contributed by atoms with E-state index in [0.717, 1.165) is 0 Å². The molecule has 3 rings (SSSR count). The molecule has 0 bridgehead atoms. The molecule has 0 saturated carbocycles. The number of methoxy groups -OCH3 is 1. The van der Waals surface area contributed by atoms with Crippen LogP contribution in [0.1, 0.15) is 17.3 Å². The first kappa shape index (κ1) is 19.0. The third kappa shape index (κ3) is 4.51. The number of hydrogen-bond acceptors (Lipinski definition) is 6. The Morgan fingerprint density at radius 1 is 1.11 bits per heavy atom. The van der Waals surface area contributed by atoms with E-state index in [9.17, 15) is 9.59 Å². The van der Waals surface area contributed by atoms with Gasteiger partial charge < -0.3 is 24.3 Å². The van der Waals surface area contributed by atoms with Gasteiger partial charge in [0.2, 0.25) is 0 Å². The number of anilines is 1. The molecule has 27 heavy (non-hydrogen) atoms. The number of carbonyl (C=O) groups excluding carboxylic acids is 2. The van der Waals surface area contributed by atoms with Crippen LogP contribution in [0.15, 0.2) is 40.9 Å². The third-order valence-electron chi connectivity index (χ3n) is 3.86. The van der Waals surface area contributed by atoms with Gasteiger partial charge in [-0.1, -0.05) is 0 Å². The Hall–Kier alpha value is -2.74. The Labute approximate surface area is 164 Å². The maximum Gasteiger partial charge on any atom is 0.340 e. The second-order valence-corrected chi connectivity index (χ2v) is 6.60. The quantitative estimate of drug-likeness (QED) is 0.724. The van der Waals surface area contributed by atoms with Gasteiger partial charge in [-0.2, -0.15) is 0 Å². The van der Waals surface area contributed by atoms with E-state index in [4.69, 9.17) is 18.9 Å². The molecular weight excluding hydrogens is 418 g/mol. The summed E-state index contributed by atoms with van der Waals surface area (Å²) in [6, 6.07) is 10.00. The van der Waals surface area contributed by atoms with Crippen molar-refractivity contribution in [2.24, 2.45) is 0 Å². The Kier molecular flexibility index (Phi) is 5.85. The van der Waals surface area contributed by atoms with Crippen molar-refractivity contribution in [1.82, 2.24) is 0 Å². The number of halogens is 1. The molecule has 1 amide bonds. The molecule has 0 aromatic heterocycles. The van der Waals surface area contributed by atoms with Crippen LogP contribution in [0.3, 0.4) is 0 Å². The summed E-state index contributed by atoms with van der Waals surface area (Å²) in [5.74, 6) is 0.605. The zero-order valence-electron chi connectivity index (χ0n) is 14.8. The molecule has 1 heterocycles. The van der Waals surface area contributed by atoms with Crippen LogP contribution in [0.4, 0.5) is 5.69 Å². The fourth-order valence-electron chi connectivity index (χ4n) is 2.43. The molecule has 1 N–H and O–H groups in total. The molecule has 1 aliphatic rings. The lowest BCUT2D eigenvalue weighted by Crippen LogP contribution is -2.30. The second kappa shape index (κ2) is 8.30. The van der Waals surface area contributed by atoms with Crippen molar-refractivity contribution in [3.8, 4) is 17.2 Å². The van der Waals surface area contributed by atoms with Crippen LogP contribution in [0.25, 0.3) is 0 Å². The standard InChI is InChI=1S/C19H18BrNO6/c1-11(27-19(23)14-10-13(24-2)4-5-15(14)20)18(22)21-12-3-6-16-17(9-12)26-8-7-25-16/h3-6,9-11H,7-8H2,1-2H3,(H,21,22)/t11-/m1/s1. The molecule has 142 valence electrons. The highest BCUT2D eigenvalue weighted by atomic mass is 79.9. The number of benzene rings is 2. The molecule has 0 fully saturated rings. The largest absolute Gasteiger partial charge is 0.497 e. The molecule has 1 aliphatic heterocycles. The van der Waals surface area contributed by atoms with Gasteiger partial charge in [-0.25, -0.2) is 4.79 Å². The van der Waals surface area contributed by atoms with Crippen molar-refractivity contribution in [3.05, 3.63) is 46.4 Å². The van der Waals surface area contributed by atoms with E-state index in [-0.39, 0.29) is 5.56 Å². The number of nitrogens with one attached hydrogen (secondary N) is 1. The Morgan fingerprint density at radius 3 is 2.59 bits per heavy atom. The maximum atomic E-state index is 12.4. The first-order chi connectivity index (χ1) is 13.0. The topological polar surface area (TPSA) is 83.1 Å². The Bertz CT molecular complexity index is 869. The summed E-state index contributed by atoms with van der Waals surface area (Å²) in [6.07, 6.45) is -0.996. The van der Waals surface area contributed by atoms with Crippen molar-refractivity contribution in [3.63, 3.8) is 0 Å². The molecule has 2 aromatic rings. The lowest BCUT2D eigenvalue weighted by atomic mass is 10.2. The van der Waals surface area contributed by atoms with Gasteiger partial charge in [-0.05, 0) is 53.2 Å². The van der Waals surface area contributed by atoms with Crippen molar-refractivity contribution < 1.29 is 28.5 Å². The number of rotatable bonds is 5. The molecule has 2 aromatic carbocycles. The van der Waals surface area contributed by atoms with Crippen LogP contribution < -0.4 is 19.5 Å². The van der Waals surface area contributed by atoms with Crippen LogP contribution in [-0.2, 0) is 9.53 Å². The van der Waals surface area contributed by atoms with Gasteiger partial charge >= 0.3 is 5.97 Å². The molecular formula is C19H18BrNO6. The predicted molar refractivity (Wildman–Crippen MR) is 102 cm³/mol. The summed E-state index contributed by atoms with van der Waals surface area (Å²) in [5.41, 5.74) is 0.794. The number of ether oxygens (including phenoxy) is 4. The molecule has 8 heteroatoms. The summed E-state index contributed by atoms with van der Waals surface area (Å²) in [5, 5.41) is 2.70. The predicted octanol–water partition coefficient (Wildman–Crippen LogP) is 3.41. The number of esters is 1. The van der Waals surface area contributed by atoms with E-state index in [2.05, 4.69) is 21.2 Å². The molecule has 0 saturated heterocycles. The van der Waals surface area contributed by atoms with Crippen LogP contribution in [-0.4, -0.2) is 38.3 Å². The summed E-state index contributed by atoms with van der Waals surface area (Å²) in [4.78, 5) is 24.7. The van der Waals surface area contributed by atoms with E-state index in [1.165, 1.54) is 20.1 Å². The Balaban J connectivity index is 1.64. The number of hydrogen-bond donors (Lipinski definition) is 1. The average Bonchev–Trinajstić information content (AvgIpc) is 2.68. The van der Waals surface area contributed by atoms with E-state index >= 15 is 0 Å². The summed E-state index contributed by atoms with van der Waals surface area (Å²) < 4.78 is 21.9. The molecule has 0 radical (unpaired) electrons. The summed E-state index contributed by atoms with van der Waals surface area (Å²) >= 11 is 3.29. The molecule has 0 spiro atoms. The minimum atomic E-state index is -0.996. The summed E-state index contributed by atoms with van der Waals surface area (Å²) in [6.45, 7) is 2.44. The van der Waals surface area contributed by atoms with Gasteiger partial charge in [0, 0.05) is 16.2 Å². The Morgan fingerprint density at radius 2 is 1.85 bits per heavy atom. The van der Waals surface area contributed by atoms with Crippen LogP contribution in [0, 0.1) is 0 Å². The van der Waals surface area contributed by atoms with Gasteiger partial charge in [0.05, 0.1) is 12.7 Å². The smallest absolute Gasteiger partial charge is 0.340 e. The lowest BCUT2D eigenvalue weighted by molar-refractivity contribution is -0.123. The van der Waals surface area contributed by atoms with E-state index in [1.807, 2.05) is 0 Å². The average molecular weight is 436 g/mol. The molecule has 0 aliphatic carbocycles. The molecule has 7 nitrogen and oxygen atoms in total. The van der Waals surface area contributed by atoms with Gasteiger partial charge in [-0.3, -0.25) is 4.79 Å². The monoisotopic (exact) mass is 435 g/mol. The van der Waals surface area contributed by atoms with Crippen LogP contribution in [0.2, 0.25) is 0 Å². The van der Waals surface area contributed by atoms with E-state index < -0.39 is 18.0 Å². The van der Waals surface area contributed by atoms with Gasteiger partial charge in [0.1, 0.15) is 19.0 Å². The number of fused-ring (bicyclic) bond motifs is 1.